The first kappa shape index (κ1) is 14.3. The quantitative estimate of drug-likeness (QED) is 0.885. The lowest BCUT2D eigenvalue weighted by Gasteiger charge is -2.23. The van der Waals surface area contributed by atoms with Gasteiger partial charge in [-0.05, 0) is 36.6 Å². The summed E-state index contributed by atoms with van der Waals surface area (Å²) in [4.78, 5) is 13.8. The lowest BCUT2D eigenvalue weighted by Crippen LogP contribution is -2.29. The average molecular weight is 310 g/mol. The van der Waals surface area contributed by atoms with Crippen LogP contribution in [0.1, 0.15) is 24.9 Å². The van der Waals surface area contributed by atoms with Crippen molar-refractivity contribution >= 4 is 20.9 Å². The molecule has 1 aromatic carbocycles. The first-order valence-electron chi connectivity index (χ1n) is 7.05. The van der Waals surface area contributed by atoms with Gasteiger partial charge in [0, 0.05) is 6.04 Å². The summed E-state index contributed by atoms with van der Waals surface area (Å²) in [6.07, 6.45) is 0.662. The number of nitrogens with one attached hydrogen (secondary N) is 2. The monoisotopic (exact) mass is 310 g/mol. The third-order valence-corrected chi connectivity index (χ3v) is 5.76. The number of H-pyrrole nitrogens is 1. The molecule has 2 heterocycles. The van der Waals surface area contributed by atoms with Crippen molar-refractivity contribution in [3.8, 4) is 0 Å². The normalized spacial score (nSPS) is 22.6. The number of sulfone groups is 1. The molecule has 1 aromatic heterocycles. The van der Waals surface area contributed by atoms with Crippen molar-refractivity contribution < 1.29 is 12.8 Å². The van der Waals surface area contributed by atoms with Crippen LogP contribution in [0.4, 0.5) is 0 Å². The van der Waals surface area contributed by atoms with Crippen molar-refractivity contribution in [1.29, 1.82) is 0 Å². The highest BCUT2D eigenvalue weighted by atomic mass is 32.2. The van der Waals surface area contributed by atoms with Gasteiger partial charge in [0.2, 0.25) is 0 Å². The first-order chi connectivity index (χ1) is 9.98. The number of aromatic amines is 1. The smallest absolute Gasteiger partial charge is 0.408 e. The molecule has 1 aliphatic heterocycles. The summed E-state index contributed by atoms with van der Waals surface area (Å²) in [5.41, 5.74) is 2.11. The van der Waals surface area contributed by atoms with Crippen molar-refractivity contribution in [3.05, 3.63) is 34.3 Å². The molecular weight excluding hydrogens is 292 g/mol. The van der Waals surface area contributed by atoms with Crippen LogP contribution in [0.5, 0.6) is 0 Å². The molecule has 2 atom stereocenters. The third-order valence-electron chi connectivity index (χ3n) is 3.97. The maximum Gasteiger partial charge on any atom is 0.417 e. The summed E-state index contributed by atoms with van der Waals surface area (Å²) in [6.45, 7) is 2.74. The Morgan fingerprint density at radius 1 is 1.48 bits per heavy atom. The molecule has 2 unspecified atom stereocenters. The van der Waals surface area contributed by atoms with E-state index >= 15 is 0 Å². The fourth-order valence-corrected chi connectivity index (χ4v) is 4.86. The van der Waals surface area contributed by atoms with Gasteiger partial charge in [0.25, 0.3) is 0 Å². The summed E-state index contributed by atoms with van der Waals surface area (Å²) in [5.74, 6) is 0.0320. The number of oxazole rings is 1. The van der Waals surface area contributed by atoms with Crippen LogP contribution < -0.4 is 11.1 Å². The molecule has 3 rings (SSSR count). The van der Waals surface area contributed by atoms with Gasteiger partial charge in [-0.2, -0.15) is 0 Å². The Labute approximate surface area is 122 Å². The number of hydrogen-bond donors (Lipinski definition) is 2. The van der Waals surface area contributed by atoms with Crippen LogP contribution in [0.15, 0.2) is 27.4 Å². The largest absolute Gasteiger partial charge is 0.417 e. The van der Waals surface area contributed by atoms with E-state index in [0.29, 0.717) is 17.5 Å². The standard InChI is InChI=1S/C14H18N2O4S/c1-2-15-13(10-5-6-21(18,19)8-10)9-3-4-11-12(7-9)20-14(17)16-11/h3-4,7,10,13,15H,2,5-6,8H2,1H3,(H,16,17). The zero-order chi connectivity index (χ0) is 15.0. The van der Waals surface area contributed by atoms with E-state index in [1.165, 1.54) is 0 Å². The molecule has 1 fully saturated rings. The molecule has 2 aromatic rings. The minimum atomic E-state index is -2.92. The van der Waals surface area contributed by atoms with Gasteiger partial charge in [0.05, 0.1) is 17.0 Å². The molecule has 0 radical (unpaired) electrons. The van der Waals surface area contributed by atoms with Crippen LogP contribution in [0.2, 0.25) is 0 Å². The molecule has 1 saturated heterocycles. The molecule has 0 bridgehead atoms. The molecular formula is C14H18N2O4S. The lowest BCUT2D eigenvalue weighted by molar-refractivity contribution is 0.400. The fourth-order valence-electron chi connectivity index (χ4n) is 3.02. The van der Waals surface area contributed by atoms with Crippen molar-refractivity contribution in [1.82, 2.24) is 10.3 Å². The van der Waals surface area contributed by atoms with Crippen LogP contribution in [-0.2, 0) is 9.84 Å². The summed E-state index contributed by atoms with van der Waals surface area (Å²) < 4.78 is 28.5. The molecule has 2 N–H and O–H groups in total. The van der Waals surface area contributed by atoms with Gasteiger partial charge in [0.15, 0.2) is 15.4 Å². The van der Waals surface area contributed by atoms with Gasteiger partial charge in [-0.1, -0.05) is 13.0 Å². The molecule has 7 heteroatoms. The molecule has 0 amide bonds. The molecule has 6 nitrogen and oxygen atoms in total. The zero-order valence-electron chi connectivity index (χ0n) is 11.8. The average Bonchev–Trinajstić information content (AvgIpc) is 2.96. The summed E-state index contributed by atoms with van der Waals surface area (Å²) in [6, 6.07) is 5.47. The van der Waals surface area contributed by atoms with Gasteiger partial charge in [-0.25, -0.2) is 13.2 Å². The second-order valence-electron chi connectivity index (χ2n) is 5.47. The van der Waals surface area contributed by atoms with E-state index < -0.39 is 15.6 Å². The molecule has 0 aliphatic carbocycles. The summed E-state index contributed by atoms with van der Waals surface area (Å²) in [5, 5.41) is 3.36. The minimum absolute atomic E-state index is 0.0446. The van der Waals surface area contributed by atoms with Gasteiger partial charge < -0.3 is 9.73 Å². The topological polar surface area (TPSA) is 92.2 Å². The van der Waals surface area contributed by atoms with Crippen LogP contribution >= 0.6 is 0 Å². The Morgan fingerprint density at radius 2 is 2.29 bits per heavy atom. The van der Waals surface area contributed by atoms with E-state index in [0.717, 1.165) is 12.1 Å². The van der Waals surface area contributed by atoms with Gasteiger partial charge in [-0.3, -0.25) is 4.98 Å². The Hall–Kier alpha value is -1.60. The van der Waals surface area contributed by atoms with E-state index in [1.54, 1.807) is 6.07 Å². The number of benzene rings is 1. The Bertz CT molecular complexity index is 806. The third kappa shape index (κ3) is 2.89. The molecule has 114 valence electrons. The number of fused-ring (bicyclic) bond motifs is 1. The van der Waals surface area contributed by atoms with Gasteiger partial charge in [-0.15, -0.1) is 0 Å². The summed E-state index contributed by atoms with van der Waals surface area (Å²) >= 11 is 0. The minimum Gasteiger partial charge on any atom is -0.408 e. The SMILES string of the molecule is CCNC(c1ccc2[nH]c(=O)oc2c1)C1CCS(=O)(=O)C1. The van der Waals surface area contributed by atoms with E-state index in [1.807, 2.05) is 19.1 Å². The van der Waals surface area contributed by atoms with Crippen molar-refractivity contribution in [2.75, 3.05) is 18.1 Å². The maximum atomic E-state index is 11.7. The lowest BCUT2D eigenvalue weighted by atomic mass is 9.92. The van der Waals surface area contributed by atoms with Crippen LogP contribution in [0, 0.1) is 5.92 Å². The predicted octanol–water partition coefficient (Wildman–Crippen LogP) is 1.21. The predicted molar refractivity (Wildman–Crippen MR) is 80.0 cm³/mol. The van der Waals surface area contributed by atoms with Crippen molar-refractivity contribution in [2.24, 2.45) is 5.92 Å². The van der Waals surface area contributed by atoms with E-state index in [2.05, 4.69) is 10.3 Å². The van der Waals surface area contributed by atoms with Crippen LogP contribution in [-0.4, -0.2) is 31.5 Å². The van der Waals surface area contributed by atoms with Crippen LogP contribution in [0.3, 0.4) is 0 Å². The first-order valence-corrected chi connectivity index (χ1v) is 8.87. The Balaban J connectivity index is 1.96. The highest BCUT2D eigenvalue weighted by molar-refractivity contribution is 7.91. The molecule has 1 aliphatic rings. The number of hydrogen-bond acceptors (Lipinski definition) is 5. The highest BCUT2D eigenvalue weighted by Crippen LogP contribution is 2.32. The van der Waals surface area contributed by atoms with E-state index in [-0.39, 0.29) is 23.5 Å². The van der Waals surface area contributed by atoms with E-state index in [9.17, 15) is 13.2 Å². The zero-order valence-corrected chi connectivity index (χ0v) is 12.6. The maximum absolute atomic E-state index is 11.7. The van der Waals surface area contributed by atoms with Gasteiger partial charge >= 0.3 is 5.76 Å². The fraction of sp³-hybridized carbons (Fsp3) is 0.500. The van der Waals surface area contributed by atoms with Crippen molar-refractivity contribution in [3.63, 3.8) is 0 Å². The summed E-state index contributed by atoms with van der Waals surface area (Å²) in [7, 11) is -2.92. The van der Waals surface area contributed by atoms with E-state index in [4.69, 9.17) is 4.42 Å². The Morgan fingerprint density at radius 3 is 2.95 bits per heavy atom. The second-order valence-corrected chi connectivity index (χ2v) is 7.70. The highest BCUT2D eigenvalue weighted by Gasteiger charge is 2.34. The Kier molecular flexibility index (Phi) is 3.62. The number of aromatic nitrogens is 1. The molecule has 0 saturated carbocycles. The van der Waals surface area contributed by atoms with Gasteiger partial charge in [0.1, 0.15) is 0 Å². The number of rotatable bonds is 4. The molecule has 0 spiro atoms. The van der Waals surface area contributed by atoms with Crippen LogP contribution in [0.25, 0.3) is 11.1 Å². The second kappa shape index (κ2) is 5.31. The van der Waals surface area contributed by atoms with Crippen molar-refractivity contribution in [2.45, 2.75) is 19.4 Å². The molecule has 21 heavy (non-hydrogen) atoms.